The first kappa shape index (κ1) is 13.0. The Morgan fingerprint density at radius 1 is 1.06 bits per heavy atom. The smallest absolute Gasteiger partial charge is 0.0178 e. The summed E-state index contributed by atoms with van der Waals surface area (Å²) in [6.45, 7) is 13.4. The van der Waals surface area contributed by atoms with E-state index < -0.39 is 0 Å². The zero-order valence-electron chi connectivity index (χ0n) is 10.3. The quantitative estimate of drug-likeness (QED) is 0.607. The van der Waals surface area contributed by atoms with E-state index >= 15 is 0 Å². The number of hydrogen-bond donors (Lipinski definition) is 0. The Balaban J connectivity index is 3.31. The van der Waals surface area contributed by atoms with Crippen LogP contribution < -0.4 is 0 Å². The van der Waals surface area contributed by atoms with E-state index in [0.717, 1.165) is 22.3 Å². The van der Waals surface area contributed by atoms with Gasteiger partial charge in [0.1, 0.15) is 0 Å². The van der Waals surface area contributed by atoms with Crippen molar-refractivity contribution in [1.29, 1.82) is 0 Å². The molecule has 0 saturated heterocycles. The van der Waals surface area contributed by atoms with Crippen LogP contribution >= 0.6 is 0 Å². The second-order valence-corrected chi connectivity index (χ2v) is 3.61. The molecule has 0 bridgehead atoms. The van der Waals surface area contributed by atoms with Crippen LogP contribution in [0.25, 0.3) is 17.7 Å². The summed E-state index contributed by atoms with van der Waals surface area (Å²) in [6, 6.07) is 6.25. The monoisotopic (exact) mass is 222 g/mol. The average molecular weight is 222 g/mol. The molecular formula is C17H18. The van der Waals surface area contributed by atoms with Gasteiger partial charge in [-0.05, 0) is 35.3 Å². The minimum atomic E-state index is 1.09. The molecule has 0 N–H and O–H groups in total. The molecule has 17 heavy (non-hydrogen) atoms. The third-order valence-corrected chi connectivity index (χ3v) is 2.50. The van der Waals surface area contributed by atoms with E-state index in [9.17, 15) is 0 Å². The van der Waals surface area contributed by atoms with Gasteiger partial charge in [-0.2, -0.15) is 0 Å². The predicted molar refractivity (Wildman–Crippen MR) is 79.6 cm³/mol. The molecule has 0 radical (unpaired) electrons. The lowest BCUT2D eigenvalue weighted by Gasteiger charge is -2.06. The van der Waals surface area contributed by atoms with Crippen molar-refractivity contribution in [3.05, 3.63) is 78.9 Å². The van der Waals surface area contributed by atoms with Gasteiger partial charge in [-0.25, -0.2) is 0 Å². The van der Waals surface area contributed by atoms with Gasteiger partial charge in [0.05, 0.1) is 0 Å². The second-order valence-electron chi connectivity index (χ2n) is 3.61. The molecule has 0 saturated carbocycles. The SMILES string of the molecule is C=C/C=C(\C=C/C)c1ccc(C=C)c(C=C)c1. The highest BCUT2D eigenvalue weighted by molar-refractivity contribution is 5.78. The topological polar surface area (TPSA) is 0 Å². The molecule has 0 fully saturated rings. The van der Waals surface area contributed by atoms with Gasteiger partial charge in [0.2, 0.25) is 0 Å². The summed E-state index contributed by atoms with van der Waals surface area (Å²) in [5.41, 5.74) is 4.49. The van der Waals surface area contributed by atoms with Crippen molar-refractivity contribution in [3.8, 4) is 0 Å². The van der Waals surface area contributed by atoms with Gasteiger partial charge >= 0.3 is 0 Å². The Bertz CT molecular complexity index is 485. The number of allylic oxidation sites excluding steroid dienone is 5. The van der Waals surface area contributed by atoms with Crippen molar-refractivity contribution in [1.82, 2.24) is 0 Å². The fraction of sp³-hybridized carbons (Fsp3) is 0.0588. The summed E-state index contributed by atoms with van der Waals surface area (Å²) in [5.74, 6) is 0. The van der Waals surface area contributed by atoms with Crippen LogP contribution in [0.5, 0.6) is 0 Å². The molecule has 0 unspecified atom stereocenters. The zero-order valence-corrected chi connectivity index (χ0v) is 10.3. The molecule has 0 aliphatic carbocycles. The van der Waals surface area contributed by atoms with Gasteiger partial charge in [-0.1, -0.05) is 68.3 Å². The van der Waals surface area contributed by atoms with Crippen molar-refractivity contribution in [2.45, 2.75) is 6.92 Å². The van der Waals surface area contributed by atoms with Gasteiger partial charge in [-0.3, -0.25) is 0 Å². The summed E-state index contributed by atoms with van der Waals surface area (Å²) >= 11 is 0. The maximum atomic E-state index is 3.83. The molecule has 1 aromatic carbocycles. The minimum Gasteiger partial charge on any atom is -0.0990 e. The maximum absolute atomic E-state index is 3.83. The van der Waals surface area contributed by atoms with Crippen LogP contribution in [0.2, 0.25) is 0 Å². The largest absolute Gasteiger partial charge is 0.0990 e. The van der Waals surface area contributed by atoms with Crippen molar-refractivity contribution in [3.63, 3.8) is 0 Å². The average Bonchev–Trinajstić information content (AvgIpc) is 2.37. The van der Waals surface area contributed by atoms with Crippen molar-refractivity contribution >= 4 is 17.7 Å². The molecule has 0 spiro atoms. The molecule has 0 nitrogen and oxygen atoms in total. The first-order chi connectivity index (χ1) is 8.26. The molecule has 86 valence electrons. The van der Waals surface area contributed by atoms with Crippen LogP contribution in [0.15, 0.2) is 62.2 Å². The molecule has 0 aliphatic heterocycles. The van der Waals surface area contributed by atoms with E-state index in [1.54, 1.807) is 6.08 Å². The highest BCUT2D eigenvalue weighted by Gasteiger charge is 2.01. The van der Waals surface area contributed by atoms with Crippen LogP contribution in [0, 0.1) is 0 Å². The third-order valence-electron chi connectivity index (χ3n) is 2.50. The standard InChI is InChI=1S/C17H18/c1-5-9-16(10-6-2)17-12-11-14(7-3)15(8-4)13-17/h5-13H,1,3-4H2,2H3/b10-6-,16-9+. The molecular weight excluding hydrogens is 204 g/mol. The normalized spacial score (nSPS) is 11.5. The highest BCUT2D eigenvalue weighted by Crippen LogP contribution is 2.21. The van der Waals surface area contributed by atoms with E-state index in [-0.39, 0.29) is 0 Å². The fourth-order valence-corrected chi connectivity index (χ4v) is 1.67. The van der Waals surface area contributed by atoms with E-state index in [1.165, 1.54) is 0 Å². The lowest BCUT2D eigenvalue weighted by Crippen LogP contribution is -1.86. The summed E-state index contributed by atoms with van der Waals surface area (Å²) in [6.07, 6.45) is 11.6. The van der Waals surface area contributed by atoms with Gasteiger partial charge in [0, 0.05) is 0 Å². The van der Waals surface area contributed by atoms with Gasteiger partial charge in [0.25, 0.3) is 0 Å². The van der Waals surface area contributed by atoms with E-state index in [4.69, 9.17) is 0 Å². The van der Waals surface area contributed by atoms with Crippen molar-refractivity contribution in [2.24, 2.45) is 0 Å². The predicted octanol–water partition coefficient (Wildman–Crippen LogP) is 5.12. The zero-order chi connectivity index (χ0) is 12.7. The van der Waals surface area contributed by atoms with Crippen LogP contribution in [0.3, 0.4) is 0 Å². The lowest BCUT2D eigenvalue weighted by atomic mass is 9.98. The molecule has 0 heterocycles. The van der Waals surface area contributed by atoms with Crippen molar-refractivity contribution < 1.29 is 0 Å². The Morgan fingerprint density at radius 2 is 1.76 bits per heavy atom. The van der Waals surface area contributed by atoms with Gasteiger partial charge in [-0.15, -0.1) is 0 Å². The molecule has 0 heteroatoms. The Labute approximate surface area is 104 Å². The third kappa shape index (κ3) is 3.18. The highest BCUT2D eigenvalue weighted by atomic mass is 14.1. The second kappa shape index (κ2) is 6.49. The summed E-state index contributed by atoms with van der Waals surface area (Å²) < 4.78 is 0. The number of rotatable bonds is 5. The first-order valence-corrected chi connectivity index (χ1v) is 5.61. The summed E-state index contributed by atoms with van der Waals surface area (Å²) in [4.78, 5) is 0. The van der Waals surface area contributed by atoms with E-state index in [0.29, 0.717) is 0 Å². The van der Waals surface area contributed by atoms with Gasteiger partial charge in [0.15, 0.2) is 0 Å². The molecule has 0 aliphatic rings. The minimum absolute atomic E-state index is 1.09. The molecule has 1 aromatic rings. The van der Waals surface area contributed by atoms with Gasteiger partial charge < -0.3 is 0 Å². The maximum Gasteiger partial charge on any atom is -0.0178 e. The molecule has 0 atom stereocenters. The Morgan fingerprint density at radius 3 is 2.29 bits per heavy atom. The molecule has 0 amide bonds. The van der Waals surface area contributed by atoms with E-state index in [1.807, 2.05) is 31.2 Å². The van der Waals surface area contributed by atoms with Crippen LogP contribution in [0.4, 0.5) is 0 Å². The summed E-state index contributed by atoms with van der Waals surface area (Å²) in [5, 5.41) is 0. The van der Waals surface area contributed by atoms with Crippen LogP contribution in [0.1, 0.15) is 23.6 Å². The van der Waals surface area contributed by atoms with Crippen LogP contribution in [-0.4, -0.2) is 0 Å². The fourth-order valence-electron chi connectivity index (χ4n) is 1.67. The Hall–Kier alpha value is -2.08. The van der Waals surface area contributed by atoms with Crippen LogP contribution in [-0.2, 0) is 0 Å². The first-order valence-electron chi connectivity index (χ1n) is 5.61. The lowest BCUT2D eigenvalue weighted by molar-refractivity contribution is 1.55. The Kier molecular flexibility index (Phi) is 4.96. The van der Waals surface area contributed by atoms with Crippen molar-refractivity contribution in [2.75, 3.05) is 0 Å². The molecule has 1 rings (SSSR count). The molecule has 0 aromatic heterocycles. The summed E-state index contributed by atoms with van der Waals surface area (Å²) in [7, 11) is 0. The van der Waals surface area contributed by atoms with E-state index in [2.05, 4.69) is 44.0 Å². The number of hydrogen-bond acceptors (Lipinski definition) is 0. The number of benzene rings is 1.